The molecule has 0 aliphatic carbocycles. The molecular formula is C26H37N3O5S. The van der Waals surface area contributed by atoms with E-state index in [4.69, 9.17) is 4.74 Å². The smallest absolute Gasteiger partial charge is 0.244 e. The molecule has 0 radical (unpaired) electrons. The number of carbonyl (C=O) groups excluding carboxylic acids is 2. The van der Waals surface area contributed by atoms with Crippen molar-refractivity contribution >= 4 is 27.5 Å². The Labute approximate surface area is 209 Å². The van der Waals surface area contributed by atoms with Crippen molar-refractivity contribution in [3.05, 3.63) is 59.7 Å². The van der Waals surface area contributed by atoms with E-state index in [0.717, 1.165) is 21.7 Å². The number of aryl methyl sites for hydroxylation is 1. The zero-order valence-electron chi connectivity index (χ0n) is 21.7. The number of methoxy groups -OCH3 is 1. The van der Waals surface area contributed by atoms with Crippen molar-refractivity contribution in [3.8, 4) is 5.75 Å². The second kappa shape index (κ2) is 11.6. The van der Waals surface area contributed by atoms with Crippen LogP contribution in [0.1, 0.15) is 45.2 Å². The van der Waals surface area contributed by atoms with Crippen LogP contribution in [0.4, 0.5) is 5.69 Å². The van der Waals surface area contributed by atoms with Gasteiger partial charge in [0.2, 0.25) is 21.8 Å². The Morgan fingerprint density at radius 1 is 1.09 bits per heavy atom. The fraction of sp³-hybridized carbons (Fsp3) is 0.462. The van der Waals surface area contributed by atoms with Gasteiger partial charge in [0.25, 0.3) is 0 Å². The summed E-state index contributed by atoms with van der Waals surface area (Å²) in [6.07, 6.45) is 1.42. The molecule has 1 atom stereocenters. The van der Waals surface area contributed by atoms with Crippen LogP contribution in [0.2, 0.25) is 0 Å². The lowest BCUT2D eigenvalue weighted by Crippen LogP contribution is -2.55. The second-order valence-corrected chi connectivity index (χ2v) is 11.5. The van der Waals surface area contributed by atoms with Crippen LogP contribution >= 0.6 is 0 Å². The minimum atomic E-state index is -3.80. The van der Waals surface area contributed by atoms with Crippen molar-refractivity contribution in [3.63, 3.8) is 0 Å². The number of hydrogen-bond donors (Lipinski definition) is 1. The molecule has 2 amide bonds. The van der Waals surface area contributed by atoms with E-state index in [0.29, 0.717) is 17.9 Å². The van der Waals surface area contributed by atoms with Gasteiger partial charge in [-0.3, -0.25) is 13.9 Å². The summed E-state index contributed by atoms with van der Waals surface area (Å²) < 4.78 is 31.7. The predicted octanol–water partition coefficient (Wildman–Crippen LogP) is 3.49. The largest absolute Gasteiger partial charge is 0.497 e. The first-order valence-electron chi connectivity index (χ1n) is 11.5. The molecule has 9 heteroatoms. The minimum Gasteiger partial charge on any atom is -0.497 e. The molecule has 1 N–H and O–H groups in total. The van der Waals surface area contributed by atoms with E-state index in [1.807, 2.05) is 58.9 Å². The van der Waals surface area contributed by atoms with Gasteiger partial charge in [0.15, 0.2) is 0 Å². The molecule has 0 unspecified atom stereocenters. The zero-order valence-corrected chi connectivity index (χ0v) is 22.5. The van der Waals surface area contributed by atoms with Crippen molar-refractivity contribution in [1.82, 2.24) is 10.2 Å². The van der Waals surface area contributed by atoms with E-state index in [1.54, 1.807) is 24.3 Å². The number of ether oxygens (including phenoxy) is 1. The highest BCUT2D eigenvalue weighted by Crippen LogP contribution is 2.24. The number of anilines is 1. The average molecular weight is 504 g/mol. The van der Waals surface area contributed by atoms with E-state index < -0.39 is 34.1 Å². The fourth-order valence-corrected chi connectivity index (χ4v) is 4.56. The normalized spacial score (nSPS) is 12.5. The predicted molar refractivity (Wildman–Crippen MR) is 139 cm³/mol. The molecule has 2 aromatic rings. The highest BCUT2D eigenvalue weighted by molar-refractivity contribution is 7.92. The third-order valence-electron chi connectivity index (χ3n) is 5.51. The molecule has 192 valence electrons. The molecule has 0 bridgehead atoms. The summed E-state index contributed by atoms with van der Waals surface area (Å²) in [5.41, 5.74) is 1.68. The summed E-state index contributed by atoms with van der Waals surface area (Å²) in [6.45, 7) is 9.13. The SMILES string of the molecule is CC[C@H](C(=O)NC(C)(C)C)N(Cc1ccccc1C)C(=O)CN(c1cccc(OC)c1)S(C)(=O)=O. The third kappa shape index (κ3) is 7.99. The van der Waals surface area contributed by atoms with Crippen LogP contribution in [0.25, 0.3) is 0 Å². The van der Waals surface area contributed by atoms with Crippen molar-refractivity contribution < 1.29 is 22.7 Å². The van der Waals surface area contributed by atoms with E-state index in [1.165, 1.54) is 12.0 Å². The number of carbonyl (C=O) groups is 2. The molecule has 0 saturated carbocycles. The molecule has 2 aromatic carbocycles. The molecule has 0 saturated heterocycles. The maximum atomic E-state index is 13.7. The Hall–Kier alpha value is -3.07. The van der Waals surface area contributed by atoms with Gasteiger partial charge in [0.05, 0.1) is 19.1 Å². The fourth-order valence-electron chi connectivity index (χ4n) is 3.72. The molecule has 8 nitrogen and oxygen atoms in total. The van der Waals surface area contributed by atoms with Crippen LogP contribution in [0, 0.1) is 6.92 Å². The molecular weight excluding hydrogens is 466 g/mol. The van der Waals surface area contributed by atoms with Gasteiger partial charge in [-0.25, -0.2) is 8.42 Å². The van der Waals surface area contributed by atoms with Gasteiger partial charge in [-0.1, -0.05) is 37.3 Å². The average Bonchev–Trinajstić information content (AvgIpc) is 2.76. The van der Waals surface area contributed by atoms with Crippen molar-refractivity contribution in [2.45, 2.75) is 59.2 Å². The molecule has 35 heavy (non-hydrogen) atoms. The molecule has 0 spiro atoms. The maximum Gasteiger partial charge on any atom is 0.244 e. The standard InChI is InChI=1S/C26H37N3O5S/c1-8-23(25(31)27-26(3,4)5)28(17-20-13-10-9-12-19(20)2)24(30)18-29(35(7,32)33)21-14-11-15-22(16-21)34-6/h9-16,23H,8,17-18H2,1-7H3,(H,27,31)/t23-/m1/s1. The topological polar surface area (TPSA) is 96.0 Å². The third-order valence-corrected chi connectivity index (χ3v) is 6.65. The van der Waals surface area contributed by atoms with Crippen LogP contribution in [-0.2, 0) is 26.2 Å². The van der Waals surface area contributed by atoms with Gasteiger partial charge in [-0.2, -0.15) is 0 Å². The lowest BCUT2D eigenvalue weighted by atomic mass is 10.0. The summed E-state index contributed by atoms with van der Waals surface area (Å²) in [5.74, 6) is -0.289. The number of sulfonamides is 1. The molecule has 0 fully saturated rings. The van der Waals surface area contributed by atoms with Gasteiger partial charge in [0, 0.05) is 18.2 Å². The number of amides is 2. The quantitative estimate of drug-likeness (QED) is 0.535. The zero-order chi connectivity index (χ0) is 26.4. The Balaban J connectivity index is 2.49. The first-order chi connectivity index (χ1) is 16.3. The number of benzene rings is 2. The molecule has 2 rings (SSSR count). The summed E-state index contributed by atoms with van der Waals surface area (Å²) in [5, 5.41) is 2.96. The van der Waals surface area contributed by atoms with Gasteiger partial charge in [-0.05, 0) is 57.4 Å². The molecule has 0 heterocycles. The Morgan fingerprint density at radius 3 is 2.29 bits per heavy atom. The number of hydrogen-bond acceptors (Lipinski definition) is 5. The lowest BCUT2D eigenvalue weighted by molar-refractivity contribution is -0.141. The van der Waals surface area contributed by atoms with Gasteiger partial charge >= 0.3 is 0 Å². The van der Waals surface area contributed by atoms with Gasteiger partial charge in [-0.15, -0.1) is 0 Å². The molecule has 0 aromatic heterocycles. The van der Waals surface area contributed by atoms with Crippen LogP contribution in [0.3, 0.4) is 0 Å². The highest BCUT2D eigenvalue weighted by Gasteiger charge is 2.33. The highest BCUT2D eigenvalue weighted by atomic mass is 32.2. The van der Waals surface area contributed by atoms with Crippen LogP contribution in [-0.4, -0.2) is 56.6 Å². The summed E-state index contributed by atoms with van der Waals surface area (Å²) in [7, 11) is -2.32. The molecule has 0 aliphatic heterocycles. The Morgan fingerprint density at radius 2 is 1.74 bits per heavy atom. The summed E-state index contributed by atoms with van der Waals surface area (Å²) >= 11 is 0. The van der Waals surface area contributed by atoms with Crippen LogP contribution < -0.4 is 14.4 Å². The van der Waals surface area contributed by atoms with E-state index >= 15 is 0 Å². The summed E-state index contributed by atoms with van der Waals surface area (Å²) in [4.78, 5) is 28.4. The number of nitrogens with zero attached hydrogens (tertiary/aromatic N) is 2. The summed E-state index contributed by atoms with van der Waals surface area (Å²) in [6, 6.07) is 13.4. The van der Waals surface area contributed by atoms with E-state index in [2.05, 4.69) is 5.32 Å². The first kappa shape index (κ1) is 28.2. The van der Waals surface area contributed by atoms with Gasteiger partial charge < -0.3 is 15.0 Å². The van der Waals surface area contributed by atoms with Crippen LogP contribution in [0.15, 0.2) is 48.5 Å². The van der Waals surface area contributed by atoms with Crippen molar-refractivity contribution in [2.75, 3.05) is 24.2 Å². The van der Waals surface area contributed by atoms with Crippen LogP contribution in [0.5, 0.6) is 5.75 Å². The maximum absolute atomic E-state index is 13.7. The Bertz CT molecular complexity index is 1140. The number of rotatable bonds is 10. The van der Waals surface area contributed by atoms with E-state index in [-0.39, 0.29) is 12.5 Å². The lowest BCUT2D eigenvalue weighted by Gasteiger charge is -2.34. The molecule has 0 aliphatic rings. The minimum absolute atomic E-state index is 0.178. The van der Waals surface area contributed by atoms with Crippen molar-refractivity contribution in [2.24, 2.45) is 0 Å². The van der Waals surface area contributed by atoms with Crippen molar-refractivity contribution in [1.29, 1.82) is 0 Å². The van der Waals surface area contributed by atoms with E-state index in [9.17, 15) is 18.0 Å². The Kier molecular flexibility index (Phi) is 9.31. The second-order valence-electron chi connectivity index (χ2n) is 9.58. The van der Waals surface area contributed by atoms with Gasteiger partial charge in [0.1, 0.15) is 18.3 Å². The monoisotopic (exact) mass is 503 g/mol. The number of nitrogens with one attached hydrogen (secondary N) is 1. The first-order valence-corrected chi connectivity index (χ1v) is 13.4.